The van der Waals surface area contributed by atoms with Gasteiger partial charge in [0.2, 0.25) is 0 Å². The molecule has 3 heterocycles. The first kappa shape index (κ1) is 20.8. The standard InChI is InChI=1S/C22H25BrN4O3/c1-29-19-3-5-20(6-4-19)30-13-12-25-8-10-26(11-9-25)16-18-14-22(28)27-15-17(23)2-7-21(27)24-18/h2-7,14-15H,8-13,16H2,1H3. The second-order valence-corrected chi connectivity index (χ2v) is 8.22. The topological polar surface area (TPSA) is 59.3 Å². The molecule has 0 radical (unpaired) electrons. The van der Waals surface area contributed by atoms with Gasteiger partial charge in [0.15, 0.2) is 0 Å². The molecule has 0 amide bonds. The van der Waals surface area contributed by atoms with Crippen LogP contribution in [0.25, 0.3) is 5.65 Å². The zero-order chi connectivity index (χ0) is 20.9. The number of hydrogen-bond donors (Lipinski definition) is 0. The molecule has 158 valence electrons. The van der Waals surface area contributed by atoms with Gasteiger partial charge >= 0.3 is 0 Å². The maximum atomic E-state index is 12.4. The Morgan fingerprint density at radius 2 is 1.70 bits per heavy atom. The molecular formula is C22H25BrN4O3. The number of methoxy groups -OCH3 is 1. The Morgan fingerprint density at radius 1 is 1.00 bits per heavy atom. The Balaban J connectivity index is 1.25. The highest BCUT2D eigenvalue weighted by Crippen LogP contribution is 2.17. The quantitative estimate of drug-likeness (QED) is 0.526. The van der Waals surface area contributed by atoms with Crippen LogP contribution in [0, 0.1) is 0 Å². The van der Waals surface area contributed by atoms with Gasteiger partial charge in [-0.25, -0.2) is 4.98 Å². The Kier molecular flexibility index (Phi) is 6.66. The molecule has 3 aromatic rings. The number of fused-ring (bicyclic) bond motifs is 1. The summed E-state index contributed by atoms with van der Waals surface area (Å²) >= 11 is 3.39. The van der Waals surface area contributed by atoms with Gasteiger partial charge in [-0.15, -0.1) is 0 Å². The summed E-state index contributed by atoms with van der Waals surface area (Å²) in [6.45, 7) is 6.10. The average Bonchev–Trinajstić information content (AvgIpc) is 2.76. The Labute approximate surface area is 184 Å². The second kappa shape index (κ2) is 9.59. The zero-order valence-corrected chi connectivity index (χ0v) is 18.5. The van der Waals surface area contributed by atoms with Crippen molar-refractivity contribution in [3.05, 3.63) is 69.2 Å². The number of rotatable bonds is 7. The molecule has 1 aliphatic rings. The van der Waals surface area contributed by atoms with Crippen LogP contribution in [0.15, 0.2) is 57.9 Å². The van der Waals surface area contributed by atoms with Gasteiger partial charge in [0.05, 0.1) is 12.8 Å². The van der Waals surface area contributed by atoms with Crippen molar-refractivity contribution in [2.45, 2.75) is 6.54 Å². The van der Waals surface area contributed by atoms with Crippen LogP contribution in [-0.4, -0.2) is 65.6 Å². The highest BCUT2D eigenvalue weighted by Gasteiger charge is 2.18. The van der Waals surface area contributed by atoms with Crippen molar-refractivity contribution in [2.24, 2.45) is 0 Å². The lowest BCUT2D eigenvalue weighted by atomic mass is 10.2. The fraction of sp³-hybridized carbons (Fsp3) is 0.364. The van der Waals surface area contributed by atoms with E-state index in [-0.39, 0.29) is 5.56 Å². The van der Waals surface area contributed by atoms with E-state index in [1.165, 1.54) is 0 Å². The average molecular weight is 473 g/mol. The first-order valence-corrected chi connectivity index (χ1v) is 10.8. The van der Waals surface area contributed by atoms with Crippen LogP contribution in [0.1, 0.15) is 5.69 Å². The number of aromatic nitrogens is 2. The molecule has 0 unspecified atom stereocenters. The molecule has 7 nitrogen and oxygen atoms in total. The fourth-order valence-corrected chi connectivity index (χ4v) is 3.91. The maximum Gasteiger partial charge on any atom is 0.258 e. The molecule has 1 aromatic carbocycles. The summed E-state index contributed by atoms with van der Waals surface area (Å²) in [4.78, 5) is 21.8. The number of hydrogen-bond acceptors (Lipinski definition) is 6. The summed E-state index contributed by atoms with van der Waals surface area (Å²) in [5.74, 6) is 1.69. The van der Waals surface area contributed by atoms with Crippen LogP contribution < -0.4 is 15.0 Å². The van der Waals surface area contributed by atoms with E-state index in [0.717, 1.165) is 54.4 Å². The number of halogens is 1. The van der Waals surface area contributed by atoms with Crippen molar-refractivity contribution in [1.82, 2.24) is 19.2 Å². The van der Waals surface area contributed by atoms with E-state index < -0.39 is 0 Å². The van der Waals surface area contributed by atoms with E-state index in [9.17, 15) is 4.79 Å². The van der Waals surface area contributed by atoms with Crippen LogP contribution in [-0.2, 0) is 6.54 Å². The highest BCUT2D eigenvalue weighted by atomic mass is 79.9. The molecule has 1 fully saturated rings. The summed E-state index contributed by atoms with van der Waals surface area (Å²) < 4.78 is 13.4. The summed E-state index contributed by atoms with van der Waals surface area (Å²) in [6.07, 6.45) is 1.75. The third-order valence-electron chi connectivity index (χ3n) is 5.26. The van der Waals surface area contributed by atoms with Crippen molar-refractivity contribution < 1.29 is 9.47 Å². The van der Waals surface area contributed by atoms with E-state index in [0.29, 0.717) is 18.8 Å². The van der Waals surface area contributed by atoms with Crippen molar-refractivity contribution in [3.63, 3.8) is 0 Å². The van der Waals surface area contributed by atoms with E-state index in [1.807, 2.05) is 36.4 Å². The summed E-state index contributed by atoms with van der Waals surface area (Å²) in [6, 6.07) is 13.0. The molecular weight excluding hydrogens is 448 g/mol. The molecule has 0 N–H and O–H groups in total. The molecule has 30 heavy (non-hydrogen) atoms. The van der Waals surface area contributed by atoms with E-state index in [2.05, 4.69) is 30.7 Å². The number of nitrogens with zero attached hydrogens (tertiary/aromatic N) is 4. The number of ether oxygens (including phenoxy) is 2. The van der Waals surface area contributed by atoms with Crippen molar-refractivity contribution in [2.75, 3.05) is 46.4 Å². The van der Waals surface area contributed by atoms with E-state index in [4.69, 9.17) is 9.47 Å². The molecule has 0 aliphatic carbocycles. The Hall–Kier alpha value is -2.42. The van der Waals surface area contributed by atoms with E-state index in [1.54, 1.807) is 23.8 Å². The summed E-state index contributed by atoms with van der Waals surface area (Å²) in [7, 11) is 1.66. The third-order valence-corrected chi connectivity index (χ3v) is 5.73. The van der Waals surface area contributed by atoms with E-state index >= 15 is 0 Å². The van der Waals surface area contributed by atoms with Gasteiger partial charge in [-0.3, -0.25) is 19.0 Å². The number of benzene rings is 1. The van der Waals surface area contributed by atoms with Gasteiger partial charge in [0.1, 0.15) is 23.8 Å². The van der Waals surface area contributed by atoms with Gasteiger partial charge in [-0.2, -0.15) is 0 Å². The predicted molar refractivity (Wildman–Crippen MR) is 119 cm³/mol. The van der Waals surface area contributed by atoms with Gasteiger partial charge in [-0.05, 0) is 52.3 Å². The number of piperazine rings is 1. The van der Waals surface area contributed by atoms with Crippen molar-refractivity contribution in [3.8, 4) is 11.5 Å². The molecule has 0 saturated carbocycles. The lowest BCUT2D eigenvalue weighted by Gasteiger charge is -2.34. The normalized spacial score (nSPS) is 15.4. The number of pyridine rings is 1. The Morgan fingerprint density at radius 3 is 2.43 bits per heavy atom. The SMILES string of the molecule is COc1ccc(OCCN2CCN(Cc3cc(=O)n4cc(Br)ccc4n3)CC2)cc1. The van der Waals surface area contributed by atoms with Gasteiger partial charge in [0, 0.05) is 56.0 Å². The molecule has 8 heteroatoms. The molecule has 4 rings (SSSR count). The maximum absolute atomic E-state index is 12.4. The van der Waals surface area contributed by atoms with Crippen LogP contribution in [0.4, 0.5) is 0 Å². The van der Waals surface area contributed by atoms with Gasteiger partial charge < -0.3 is 9.47 Å². The fourth-order valence-electron chi connectivity index (χ4n) is 3.57. The molecule has 1 aliphatic heterocycles. The van der Waals surface area contributed by atoms with Gasteiger partial charge in [-0.1, -0.05) is 0 Å². The van der Waals surface area contributed by atoms with Crippen LogP contribution in [0.5, 0.6) is 11.5 Å². The molecule has 0 bridgehead atoms. The van der Waals surface area contributed by atoms with Gasteiger partial charge in [0.25, 0.3) is 5.56 Å². The molecule has 0 atom stereocenters. The molecule has 2 aromatic heterocycles. The van der Waals surface area contributed by atoms with Crippen LogP contribution in [0.2, 0.25) is 0 Å². The lowest BCUT2D eigenvalue weighted by molar-refractivity contribution is 0.111. The minimum atomic E-state index is -0.0504. The highest BCUT2D eigenvalue weighted by molar-refractivity contribution is 9.10. The minimum absolute atomic E-state index is 0.0504. The Bertz CT molecular complexity index is 1050. The van der Waals surface area contributed by atoms with Crippen LogP contribution >= 0.6 is 15.9 Å². The molecule has 0 spiro atoms. The van der Waals surface area contributed by atoms with Crippen molar-refractivity contribution >= 4 is 21.6 Å². The monoisotopic (exact) mass is 472 g/mol. The third kappa shape index (κ3) is 5.19. The van der Waals surface area contributed by atoms with Crippen LogP contribution in [0.3, 0.4) is 0 Å². The lowest BCUT2D eigenvalue weighted by Crippen LogP contribution is -2.47. The molecule has 1 saturated heterocycles. The predicted octanol–water partition coefficient (Wildman–Crippen LogP) is 2.66. The summed E-state index contributed by atoms with van der Waals surface area (Å²) in [5.41, 5.74) is 1.44. The largest absolute Gasteiger partial charge is 0.497 e. The first-order chi connectivity index (χ1) is 14.6. The van der Waals surface area contributed by atoms with Crippen molar-refractivity contribution in [1.29, 1.82) is 0 Å². The second-order valence-electron chi connectivity index (χ2n) is 7.30. The summed E-state index contributed by atoms with van der Waals surface area (Å²) in [5, 5.41) is 0. The first-order valence-electron chi connectivity index (χ1n) is 10.00. The zero-order valence-electron chi connectivity index (χ0n) is 17.0. The smallest absolute Gasteiger partial charge is 0.258 e. The minimum Gasteiger partial charge on any atom is -0.497 e.